The number of rotatable bonds is 5. The fraction of sp³-hybridized carbons (Fsp3) is 0.963. The number of hydrogen-bond donors (Lipinski definition) is 4. The summed E-state index contributed by atoms with van der Waals surface area (Å²) in [6.45, 7) is 2.03. The Morgan fingerprint density at radius 3 is 2.24 bits per heavy atom. The van der Waals surface area contributed by atoms with Crippen LogP contribution in [0.1, 0.15) is 51.4 Å². The van der Waals surface area contributed by atoms with Crippen LogP contribution in [0.5, 0.6) is 0 Å². The van der Waals surface area contributed by atoms with Crippen LogP contribution in [-0.4, -0.2) is 110 Å². The van der Waals surface area contributed by atoms with Crippen molar-refractivity contribution in [1.82, 2.24) is 30.7 Å². The van der Waals surface area contributed by atoms with Gasteiger partial charge in [0.25, 0.3) is 0 Å². The Hall–Kier alpha value is -1.35. The van der Waals surface area contributed by atoms with E-state index >= 15 is 0 Å². The van der Waals surface area contributed by atoms with Crippen molar-refractivity contribution in [3.8, 4) is 0 Å². The van der Waals surface area contributed by atoms with Crippen LogP contribution in [-0.2, 0) is 4.74 Å². The molecular formula is C27H43F6N7O. The lowest BCUT2D eigenvalue weighted by Crippen LogP contribution is -2.68. The molecule has 4 N–H and O–H groups in total. The average molecular weight is 596 g/mol. The third-order valence-corrected chi connectivity index (χ3v) is 10.8. The van der Waals surface area contributed by atoms with E-state index in [4.69, 9.17) is 10.1 Å². The molecule has 0 aromatic carbocycles. The summed E-state index contributed by atoms with van der Waals surface area (Å²) >= 11 is 0. The Balaban J connectivity index is 1.08. The Kier molecular flexibility index (Phi) is 8.18. The highest BCUT2D eigenvalue weighted by Crippen LogP contribution is 2.44. The standard InChI is InChI=1S/C27H43F6N7O/c1-38-20-10-35-22(18-4-2-3-5-19(18)26(28,29)30)37-24(20)40(25(38)34)11-15-6-8-16(9-7-15)23-36-21(27(31,32)33)12-39(23)17-13-41-14-17/h15-24,34-37H,2-14H2,1H3. The van der Waals surface area contributed by atoms with Gasteiger partial charge in [-0.2, -0.15) is 26.3 Å². The van der Waals surface area contributed by atoms with Crippen molar-refractivity contribution in [3.05, 3.63) is 0 Å². The molecule has 14 heteroatoms. The minimum absolute atomic E-state index is 0.0233. The second-order valence-electron chi connectivity index (χ2n) is 13.1. The molecule has 0 radical (unpaired) electrons. The molecule has 2 aliphatic carbocycles. The van der Waals surface area contributed by atoms with Gasteiger partial charge in [0.05, 0.1) is 43.5 Å². The van der Waals surface area contributed by atoms with Gasteiger partial charge in [-0.3, -0.25) is 26.3 Å². The van der Waals surface area contributed by atoms with Gasteiger partial charge in [-0.1, -0.05) is 12.8 Å². The second kappa shape index (κ2) is 11.3. The number of nitrogens with zero attached hydrogens (tertiary/aromatic N) is 3. The number of ether oxygens (including phenoxy) is 1. The molecule has 0 spiro atoms. The lowest BCUT2D eigenvalue weighted by atomic mass is 9.76. The molecular weight excluding hydrogens is 552 g/mol. The van der Waals surface area contributed by atoms with Crippen LogP contribution >= 0.6 is 0 Å². The number of fused-ring (bicyclic) bond motifs is 1. The normalized spacial score (nSPS) is 41.5. The van der Waals surface area contributed by atoms with Crippen molar-refractivity contribution in [2.24, 2.45) is 23.7 Å². The summed E-state index contributed by atoms with van der Waals surface area (Å²) in [7, 11) is 1.86. The predicted molar refractivity (Wildman–Crippen MR) is 140 cm³/mol. The van der Waals surface area contributed by atoms with Crippen LogP contribution in [0.25, 0.3) is 0 Å². The molecule has 7 atom stereocenters. The van der Waals surface area contributed by atoms with E-state index in [0.29, 0.717) is 45.1 Å². The summed E-state index contributed by atoms with van der Waals surface area (Å²) in [5.41, 5.74) is 0. The maximum atomic E-state index is 13.9. The van der Waals surface area contributed by atoms with Gasteiger partial charge in [0.2, 0.25) is 0 Å². The summed E-state index contributed by atoms with van der Waals surface area (Å²) in [4.78, 5) is 5.87. The lowest BCUT2D eigenvalue weighted by molar-refractivity contribution is -0.201. The largest absolute Gasteiger partial charge is 0.405 e. The highest BCUT2D eigenvalue weighted by Gasteiger charge is 2.54. The zero-order chi connectivity index (χ0) is 29.1. The summed E-state index contributed by atoms with van der Waals surface area (Å²) in [6.07, 6.45) is -4.16. The first-order valence-corrected chi connectivity index (χ1v) is 15.2. The molecule has 0 amide bonds. The molecule has 8 nitrogen and oxygen atoms in total. The quantitative estimate of drug-likeness (QED) is 0.364. The number of likely N-dealkylation sites (N-methyl/N-ethyl adjacent to an activating group) is 1. The van der Waals surface area contributed by atoms with E-state index in [0.717, 1.165) is 32.1 Å². The maximum Gasteiger partial charge on any atom is 0.405 e. The highest BCUT2D eigenvalue weighted by molar-refractivity contribution is 5.80. The van der Waals surface area contributed by atoms with Crippen LogP contribution in [0.4, 0.5) is 26.3 Å². The molecule has 6 aliphatic rings. The maximum absolute atomic E-state index is 13.9. The molecule has 6 fully saturated rings. The van der Waals surface area contributed by atoms with Gasteiger partial charge in [0.15, 0.2) is 5.96 Å². The molecule has 41 heavy (non-hydrogen) atoms. The number of alkyl halides is 6. The molecule has 0 bridgehead atoms. The van der Waals surface area contributed by atoms with E-state index in [1.807, 2.05) is 21.7 Å². The monoisotopic (exact) mass is 595 g/mol. The fourth-order valence-corrected chi connectivity index (χ4v) is 8.33. The SMILES string of the molecule is CN1C(=N)N(CC2CCC(C3NC(C(F)(F)F)CN3C3COC3)CC2)C2NC(C3CCCCC3C(F)(F)F)NCC21. The molecule has 7 unspecified atom stereocenters. The van der Waals surface area contributed by atoms with Crippen molar-refractivity contribution in [1.29, 1.82) is 5.41 Å². The van der Waals surface area contributed by atoms with Crippen molar-refractivity contribution in [2.45, 2.75) is 100 Å². The van der Waals surface area contributed by atoms with E-state index < -0.39 is 36.4 Å². The van der Waals surface area contributed by atoms with Crippen LogP contribution in [0.2, 0.25) is 0 Å². The first-order valence-electron chi connectivity index (χ1n) is 15.2. The Morgan fingerprint density at radius 2 is 1.61 bits per heavy atom. The third kappa shape index (κ3) is 5.80. The van der Waals surface area contributed by atoms with Crippen LogP contribution in [0.3, 0.4) is 0 Å². The van der Waals surface area contributed by atoms with Gasteiger partial charge in [0, 0.05) is 26.7 Å². The zero-order valence-corrected chi connectivity index (χ0v) is 23.5. The van der Waals surface area contributed by atoms with E-state index in [9.17, 15) is 26.3 Å². The minimum Gasteiger partial charge on any atom is -0.378 e. The van der Waals surface area contributed by atoms with Gasteiger partial charge >= 0.3 is 12.4 Å². The van der Waals surface area contributed by atoms with Crippen LogP contribution < -0.4 is 16.0 Å². The summed E-state index contributed by atoms with van der Waals surface area (Å²) < 4.78 is 87.6. The molecule has 234 valence electrons. The van der Waals surface area contributed by atoms with Crippen molar-refractivity contribution >= 4 is 5.96 Å². The molecule has 0 aromatic heterocycles. The Labute approximate surface area is 237 Å². The highest BCUT2D eigenvalue weighted by atomic mass is 19.4. The number of halogens is 6. The van der Waals surface area contributed by atoms with Crippen LogP contribution in [0, 0.1) is 29.1 Å². The number of guanidine groups is 1. The van der Waals surface area contributed by atoms with Crippen molar-refractivity contribution < 1.29 is 31.1 Å². The molecule has 4 heterocycles. The molecule has 4 saturated heterocycles. The van der Waals surface area contributed by atoms with Gasteiger partial charge in [-0.05, 0) is 56.3 Å². The smallest absolute Gasteiger partial charge is 0.378 e. The predicted octanol–water partition coefficient (Wildman–Crippen LogP) is 3.12. The number of hydrogen-bond acceptors (Lipinski definition) is 6. The van der Waals surface area contributed by atoms with Gasteiger partial charge in [-0.25, -0.2) is 0 Å². The van der Waals surface area contributed by atoms with Crippen molar-refractivity contribution in [2.75, 3.05) is 39.9 Å². The zero-order valence-electron chi connectivity index (χ0n) is 23.5. The van der Waals surface area contributed by atoms with E-state index in [2.05, 4.69) is 16.0 Å². The molecule has 6 rings (SSSR count). The number of nitrogens with one attached hydrogen (secondary N) is 4. The fourth-order valence-electron chi connectivity index (χ4n) is 8.33. The van der Waals surface area contributed by atoms with E-state index in [1.54, 1.807) is 0 Å². The molecule has 4 aliphatic heterocycles. The first kappa shape index (κ1) is 29.7. The van der Waals surface area contributed by atoms with E-state index in [1.165, 1.54) is 0 Å². The molecule has 2 saturated carbocycles. The van der Waals surface area contributed by atoms with E-state index in [-0.39, 0.29) is 49.2 Å². The topological polar surface area (TPSA) is 78.9 Å². The lowest BCUT2D eigenvalue weighted by Gasteiger charge is -2.46. The van der Waals surface area contributed by atoms with Gasteiger partial charge < -0.3 is 14.5 Å². The second-order valence-corrected chi connectivity index (χ2v) is 13.1. The average Bonchev–Trinajstić information content (AvgIpc) is 3.43. The van der Waals surface area contributed by atoms with Crippen LogP contribution in [0.15, 0.2) is 0 Å². The summed E-state index contributed by atoms with van der Waals surface area (Å²) in [6, 6.07) is -1.55. The molecule has 0 aromatic rings. The minimum atomic E-state index is -4.29. The first-order chi connectivity index (χ1) is 19.4. The summed E-state index contributed by atoms with van der Waals surface area (Å²) in [5.74, 6) is -1.11. The third-order valence-electron chi connectivity index (χ3n) is 10.8. The van der Waals surface area contributed by atoms with Gasteiger partial charge in [0.1, 0.15) is 12.2 Å². The Morgan fingerprint density at radius 1 is 0.902 bits per heavy atom. The van der Waals surface area contributed by atoms with Gasteiger partial charge in [-0.15, -0.1) is 0 Å². The Bertz CT molecular complexity index is 940. The summed E-state index contributed by atoms with van der Waals surface area (Å²) in [5, 5.41) is 18.5. The van der Waals surface area contributed by atoms with Crippen molar-refractivity contribution in [3.63, 3.8) is 0 Å².